The Labute approximate surface area is 81.5 Å². The number of hydrogen-bond acceptors (Lipinski definition) is 4. The minimum Gasteiger partial charge on any atom is -0.320 e. The average molecular weight is 190 g/mol. The highest BCUT2D eigenvalue weighted by atomic mass is 16.2. The maximum absolute atomic E-state index is 11.1. The van der Waals surface area contributed by atoms with E-state index >= 15 is 0 Å². The first-order valence-corrected chi connectivity index (χ1v) is 3.93. The molecule has 0 unspecified atom stereocenters. The van der Waals surface area contributed by atoms with Gasteiger partial charge in [-0.2, -0.15) is 0 Å². The van der Waals surface area contributed by atoms with Crippen LogP contribution >= 0.6 is 0 Å². The summed E-state index contributed by atoms with van der Waals surface area (Å²) in [5.41, 5.74) is 8.23. The topological polar surface area (TPSA) is 94.0 Å². The van der Waals surface area contributed by atoms with Crippen molar-refractivity contribution in [1.82, 2.24) is 10.4 Å². The number of hydrazine groups is 1. The van der Waals surface area contributed by atoms with Crippen LogP contribution in [0.1, 0.15) is 15.9 Å². The van der Waals surface area contributed by atoms with Crippen LogP contribution in [0.5, 0.6) is 0 Å². The maximum Gasteiger partial charge on any atom is 0.266 e. The normalized spacial score (nSPS) is 8.71. The number of nitrogens with zero attached hydrogens (tertiary/aromatic N) is 1. The van der Waals surface area contributed by atoms with E-state index in [9.17, 15) is 4.79 Å². The molecule has 0 spiro atoms. The van der Waals surface area contributed by atoms with Gasteiger partial charge in [0.2, 0.25) is 0 Å². The SMILES string of the molecule is NCC#Cc1cncc(C(=O)NN)c1. The van der Waals surface area contributed by atoms with Gasteiger partial charge in [-0.05, 0) is 6.07 Å². The average Bonchev–Trinajstić information content (AvgIpc) is 2.25. The molecule has 0 saturated heterocycles. The summed E-state index contributed by atoms with van der Waals surface area (Å²) in [7, 11) is 0. The van der Waals surface area contributed by atoms with E-state index in [1.54, 1.807) is 12.3 Å². The standard InChI is InChI=1S/C9H10N4O/c10-3-1-2-7-4-8(6-12-5-7)9(14)13-11/h4-6H,3,10-11H2,(H,13,14). The van der Waals surface area contributed by atoms with Crippen LogP contribution in [-0.4, -0.2) is 17.4 Å². The Kier molecular flexibility index (Phi) is 3.61. The van der Waals surface area contributed by atoms with Crippen molar-refractivity contribution in [2.24, 2.45) is 11.6 Å². The molecule has 5 N–H and O–H groups in total. The van der Waals surface area contributed by atoms with E-state index in [1.165, 1.54) is 6.20 Å². The van der Waals surface area contributed by atoms with Gasteiger partial charge in [-0.3, -0.25) is 15.2 Å². The molecule has 1 aromatic rings. The van der Waals surface area contributed by atoms with Crippen LogP contribution in [0.25, 0.3) is 0 Å². The second-order valence-electron chi connectivity index (χ2n) is 2.44. The Morgan fingerprint density at radius 3 is 3.00 bits per heavy atom. The van der Waals surface area contributed by atoms with E-state index in [0.717, 1.165) is 0 Å². The molecule has 72 valence electrons. The monoisotopic (exact) mass is 190 g/mol. The molecule has 0 bridgehead atoms. The Hall–Kier alpha value is -1.90. The highest BCUT2D eigenvalue weighted by molar-refractivity contribution is 5.93. The van der Waals surface area contributed by atoms with Crippen molar-refractivity contribution in [2.45, 2.75) is 0 Å². The number of pyridine rings is 1. The fraction of sp³-hybridized carbons (Fsp3) is 0.111. The van der Waals surface area contributed by atoms with Gasteiger partial charge in [0.25, 0.3) is 5.91 Å². The van der Waals surface area contributed by atoms with Gasteiger partial charge < -0.3 is 5.73 Å². The van der Waals surface area contributed by atoms with Gasteiger partial charge >= 0.3 is 0 Å². The first kappa shape index (κ1) is 10.2. The molecule has 1 aromatic heterocycles. The molecule has 0 fully saturated rings. The van der Waals surface area contributed by atoms with E-state index < -0.39 is 5.91 Å². The molecular formula is C9H10N4O. The molecule has 0 aliphatic rings. The van der Waals surface area contributed by atoms with Crippen LogP contribution in [0.4, 0.5) is 0 Å². The molecule has 5 heteroatoms. The van der Waals surface area contributed by atoms with Crippen molar-refractivity contribution in [1.29, 1.82) is 0 Å². The molecule has 14 heavy (non-hydrogen) atoms. The first-order valence-electron chi connectivity index (χ1n) is 3.93. The van der Waals surface area contributed by atoms with Gasteiger partial charge in [0.05, 0.1) is 12.1 Å². The minimum atomic E-state index is -0.395. The molecule has 1 rings (SSSR count). The van der Waals surface area contributed by atoms with Crippen LogP contribution in [0.3, 0.4) is 0 Å². The van der Waals surface area contributed by atoms with Crippen molar-refractivity contribution in [3.05, 3.63) is 29.6 Å². The smallest absolute Gasteiger partial charge is 0.266 e. The summed E-state index contributed by atoms with van der Waals surface area (Å²) >= 11 is 0. The van der Waals surface area contributed by atoms with Crippen molar-refractivity contribution in [3.8, 4) is 11.8 Å². The first-order chi connectivity index (χ1) is 6.77. The number of nitrogen functional groups attached to an aromatic ring is 1. The summed E-state index contributed by atoms with van der Waals surface area (Å²) in [6.45, 7) is 0.271. The largest absolute Gasteiger partial charge is 0.320 e. The third-order valence-corrected chi connectivity index (χ3v) is 1.47. The quantitative estimate of drug-likeness (QED) is 0.229. The van der Waals surface area contributed by atoms with Gasteiger partial charge in [-0.25, -0.2) is 5.84 Å². The Morgan fingerprint density at radius 2 is 2.36 bits per heavy atom. The number of amides is 1. The van der Waals surface area contributed by atoms with Gasteiger partial charge in [0.15, 0.2) is 0 Å². The molecule has 1 heterocycles. The predicted molar refractivity (Wildman–Crippen MR) is 51.8 cm³/mol. The summed E-state index contributed by atoms with van der Waals surface area (Å²) in [4.78, 5) is 14.9. The number of aromatic nitrogens is 1. The van der Waals surface area contributed by atoms with Gasteiger partial charge in [0, 0.05) is 18.0 Å². The zero-order chi connectivity index (χ0) is 10.4. The van der Waals surface area contributed by atoms with Gasteiger partial charge in [-0.1, -0.05) is 11.8 Å². The Balaban J connectivity index is 2.95. The molecular weight excluding hydrogens is 180 g/mol. The van der Waals surface area contributed by atoms with Crippen LogP contribution < -0.4 is 17.0 Å². The molecule has 0 atom stereocenters. The van der Waals surface area contributed by atoms with Crippen molar-refractivity contribution >= 4 is 5.91 Å². The molecule has 0 aliphatic carbocycles. The number of carbonyl (C=O) groups excluding carboxylic acids is 1. The Morgan fingerprint density at radius 1 is 1.57 bits per heavy atom. The second kappa shape index (κ2) is 4.97. The summed E-state index contributed by atoms with van der Waals surface area (Å²) < 4.78 is 0. The van der Waals surface area contributed by atoms with Crippen LogP contribution in [-0.2, 0) is 0 Å². The molecule has 0 radical (unpaired) electrons. The molecule has 0 aromatic carbocycles. The summed E-state index contributed by atoms with van der Waals surface area (Å²) in [5.74, 6) is 10.0. The van der Waals surface area contributed by atoms with Crippen LogP contribution in [0.2, 0.25) is 0 Å². The lowest BCUT2D eigenvalue weighted by Crippen LogP contribution is -2.30. The number of carbonyl (C=O) groups is 1. The lowest BCUT2D eigenvalue weighted by molar-refractivity contribution is 0.0953. The summed E-state index contributed by atoms with van der Waals surface area (Å²) in [5, 5.41) is 0. The van der Waals surface area contributed by atoms with Crippen LogP contribution in [0, 0.1) is 11.8 Å². The van der Waals surface area contributed by atoms with E-state index in [4.69, 9.17) is 11.6 Å². The van der Waals surface area contributed by atoms with Gasteiger partial charge in [-0.15, -0.1) is 0 Å². The van der Waals surface area contributed by atoms with E-state index in [1.807, 2.05) is 5.43 Å². The van der Waals surface area contributed by atoms with E-state index in [-0.39, 0.29) is 6.54 Å². The number of rotatable bonds is 1. The van der Waals surface area contributed by atoms with Crippen molar-refractivity contribution < 1.29 is 4.79 Å². The highest BCUT2D eigenvalue weighted by Gasteiger charge is 2.03. The molecule has 0 aliphatic heterocycles. The van der Waals surface area contributed by atoms with Gasteiger partial charge in [0.1, 0.15) is 0 Å². The molecule has 0 saturated carbocycles. The lowest BCUT2D eigenvalue weighted by Gasteiger charge is -1.98. The fourth-order valence-electron chi connectivity index (χ4n) is 0.869. The van der Waals surface area contributed by atoms with Crippen molar-refractivity contribution in [2.75, 3.05) is 6.54 Å². The molecule has 1 amide bonds. The third kappa shape index (κ3) is 2.55. The van der Waals surface area contributed by atoms with E-state index in [0.29, 0.717) is 11.1 Å². The predicted octanol–water partition coefficient (Wildman–Crippen LogP) is -1.00. The second-order valence-corrected chi connectivity index (χ2v) is 2.44. The fourth-order valence-corrected chi connectivity index (χ4v) is 0.869. The number of hydrogen-bond donors (Lipinski definition) is 3. The summed E-state index contributed by atoms with van der Waals surface area (Å²) in [6, 6.07) is 1.60. The minimum absolute atomic E-state index is 0.271. The Bertz CT molecular complexity index is 391. The summed E-state index contributed by atoms with van der Waals surface area (Å²) in [6.07, 6.45) is 2.96. The zero-order valence-electron chi connectivity index (χ0n) is 7.45. The lowest BCUT2D eigenvalue weighted by atomic mass is 10.2. The number of nitrogens with two attached hydrogens (primary N) is 2. The number of nitrogens with one attached hydrogen (secondary N) is 1. The van der Waals surface area contributed by atoms with Crippen molar-refractivity contribution in [3.63, 3.8) is 0 Å². The van der Waals surface area contributed by atoms with Crippen LogP contribution in [0.15, 0.2) is 18.5 Å². The maximum atomic E-state index is 11.1. The van der Waals surface area contributed by atoms with E-state index in [2.05, 4.69) is 16.8 Å². The molecule has 5 nitrogen and oxygen atoms in total. The highest BCUT2D eigenvalue weighted by Crippen LogP contribution is 2.00. The zero-order valence-corrected chi connectivity index (χ0v) is 7.45. The third-order valence-electron chi connectivity index (χ3n) is 1.47.